The minimum atomic E-state index is 0. The smallest absolute Gasteiger partial charge is 0.0913 e. The number of nitrogens with zero attached hydrogens (tertiary/aromatic N) is 3. The van der Waals surface area contributed by atoms with Crippen molar-refractivity contribution >= 4 is 59.8 Å². The van der Waals surface area contributed by atoms with E-state index in [4.69, 9.17) is 0 Å². The summed E-state index contributed by atoms with van der Waals surface area (Å²) in [6.07, 6.45) is 3.92. The van der Waals surface area contributed by atoms with Gasteiger partial charge in [0.2, 0.25) is 0 Å². The molecule has 8 aromatic rings. The standard InChI is InChI=1S/C31H18N3S.Ir/c1-2-13-25-22(10-1)26-19-29(35-31(26)33-17-16-32-30(25)33)20-8-7-9-21(18-20)34-27-14-5-3-11-23(27)24-12-4-6-15-28(24)34;/h1-12,14-19H;/q-1;. The van der Waals surface area contributed by atoms with Crippen molar-refractivity contribution in [3.05, 3.63) is 116 Å². The van der Waals surface area contributed by atoms with Crippen LogP contribution in [0, 0.1) is 6.07 Å². The number of imidazole rings is 1. The van der Waals surface area contributed by atoms with Gasteiger partial charge in [-0.15, -0.1) is 41.0 Å². The summed E-state index contributed by atoms with van der Waals surface area (Å²) in [6, 6.07) is 38.1. The van der Waals surface area contributed by atoms with Crippen LogP contribution in [-0.4, -0.2) is 14.0 Å². The molecule has 0 amide bonds. The van der Waals surface area contributed by atoms with Crippen molar-refractivity contribution in [2.45, 2.75) is 0 Å². The second kappa shape index (κ2) is 8.14. The largest absolute Gasteiger partial charge is 0.332 e. The summed E-state index contributed by atoms with van der Waals surface area (Å²) >= 11 is 1.81. The first-order chi connectivity index (χ1) is 17.4. The Labute approximate surface area is 224 Å². The van der Waals surface area contributed by atoms with Crippen molar-refractivity contribution in [2.24, 2.45) is 0 Å². The van der Waals surface area contributed by atoms with Gasteiger partial charge in [-0.3, -0.25) is 4.98 Å². The first kappa shape index (κ1) is 21.5. The predicted octanol–water partition coefficient (Wildman–Crippen LogP) is 8.26. The van der Waals surface area contributed by atoms with Crippen LogP contribution >= 0.6 is 11.3 Å². The number of pyridine rings is 1. The van der Waals surface area contributed by atoms with E-state index < -0.39 is 0 Å². The Hall–Kier alpha value is -3.76. The van der Waals surface area contributed by atoms with Crippen LogP contribution in [0.1, 0.15) is 0 Å². The second-order valence-electron chi connectivity index (χ2n) is 8.83. The van der Waals surface area contributed by atoms with E-state index >= 15 is 0 Å². The van der Waals surface area contributed by atoms with Crippen LogP contribution in [0.5, 0.6) is 0 Å². The van der Waals surface area contributed by atoms with Gasteiger partial charge in [0, 0.05) is 53.8 Å². The Bertz CT molecular complexity index is 2030. The first-order valence-corrected chi connectivity index (χ1v) is 12.5. The van der Waals surface area contributed by atoms with Crippen LogP contribution in [0.2, 0.25) is 0 Å². The van der Waals surface area contributed by atoms with Gasteiger partial charge in [0.05, 0.1) is 21.5 Å². The van der Waals surface area contributed by atoms with Gasteiger partial charge in [0.25, 0.3) is 0 Å². The molecule has 0 bridgehead atoms. The number of benzene rings is 4. The van der Waals surface area contributed by atoms with Gasteiger partial charge in [-0.1, -0.05) is 53.9 Å². The van der Waals surface area contributed by atoms with Gasteiger partial charge in [0.1, 0.15) is 0 Å². The van der Waals surface area contributed by atoms with Crippen LogP contribution in [0.25, 0.3) is 64.6 Å². The summed E-state index contributed by atoms with van der Waals surface area (Å²) in [7, 11) is 0. The fraction of sp³-hybridized carbons (Fsp3) is 0. The van der Waals surface area contributed by atoms with E-state index in [-0.39, 0.29) is 20.1 Å². The summed E-state index contributed by atoms with van der Waals surface area (Å²) in [6.45, 7) is 0. The molecule has 4 aromatic carbocycles. The zero-order chi connectivity index (χ0) is 22.9. The zero-order valence-corrected chi connectivity index (χ0v) is 22.2. The van der Waals surface area contributed by atoms with Gasteiger partial charge in [-0.25, -0.2) is 0 Å². The Morgan fingerprint density at radius 3 is 2.28 bits per heavy atom. The van der Waals surface area contributed by atoms with Crippen molar-refractivity contribution in [3.8, 4) is 16.1 Å². The second-order valence-corrected chi connectivity index (χ2v) is 9.86. The third-order valence-corrected chi connectivity index (χ3v) is 8.09. The van der Waals surface area contributed by atoms with E-state index in [1.54, 1.807) is 0 Å². The fourth-order valence-electron chi connectivity index (χ4n) is 5.39. The molecule has 0 aliphatic carbocycles. The number of thiophene rings is 1. The number of hydrogen-bond donors (Lipinski definition) is 0. The van der Waals surface area contributed by atoms with Crippen LogP contribution in [0.3, 0.4) is 0 Å². The number of rotatable bonds is 2. The van der Waals surface area contributed by atoms with E-state index in [9.17, 15) is 0 Å². The Balaban J connectivity index is 0.00000220. The van der Waals surface area contributed by atoms with E-state index in [0.29, 0.717) is 0 Å². The van der Waals surface area contributed by atoms with E-state index in [1.807, 2.05) is 29.8 Å². The molecule has 0 unspecified atom stereocenters. The van der Waals surface area contributed by atoms with Gasteiger partial charge in [0.15, 0.2) is 0 Å². The molecule has 0 aliphatic rings. The van der Waals surface area contributed by atoms with Crippen LogP contribution < -0.4 is 0 Å². The average molecular weight is 657 g/mol. The third kappa shape index (κ3) is 2.97. The molecule has 8 rings (SSSR count). The fourth-order valence-corrected chi connectivity index (χ4v) is 6.55. The molecule has 0 fully saturated rings. The molecule has 5 heteroatoms. The van der Waals surface area contributed by atoms with E-state index in [0.717, 1.165) is 11.0 Å². The molecule has 36 heavy (non-hydrogen) atoms. The molecule has 3 nitrogen and oxygen atoms in total. The number of hydrogen-bond acceptors (Lipinski definition) is 2. The maximum absolute atomic E-state index is 4.62. The molecule has 1 radical (unpaired) electrons. The topological polar surface area (TPSA) is 22.2 Å². The van der Waals surface area contributed by atoms with Crippen molar-refractivity contribution < 1.29 is 20.1 Å². The van der Waals surface area contributed by atoms with Gasteiger partial charge < -0.3 is 8.97 Å². The molecule has 0 aliphatic heterocycles. The molecule has 0 N–H and O–H groups in total. The van der Waals surface area contributed by atoms with Crippen LogP contribution in [0.4, 0.5) is 0 Å². The van der Waals surface area contributed by atoms with E-state index in [1.165, 1.54) is 53.5 Å². The Kier molecular flexibility index (Phi) is 4.87. The minimum absolute atomic E-state index is 0. The molecule has 4 aromatic heterocycles. The Morgan fingerprint density at radius 2 is 1.47 bits per heavy atom. The van der Waals surface area contributed by atoms with E-state index in [2.05, 4.69) is 111 Å². The summed E-state index contributed by atoms with van der Waals surface area (Å²) in [5, 5.41) is 6.06. The van der Waals surface area contributed by atoms with Crippen molar-refractivity contribution in [1.82, 2.24) is 14.0 Å². The average Bonchev–Trinajstić information content (AvgIpc) is 3.65. The van der Waals surface area contributed by atoms with Crippen LogP contribution in [0.15, 0.2) is 109 Å². The molecule has 0 spiro atoms. The Morgan fingerprint density at radius 1 is 0.722 bits per heavy atom. The predicted molar refractivity (Wildman–Crippen MR) is 147 cm³/mol. The maximum atomic E-state index is 4.62. The molecule has 4 heterocycles. The third-order valence-electron chi connectivity index (χ3n) is 6.91. The van der Waals surface area contributed by atoms with Crippen molar-refractivity contribution in [3.63, 3.8) is 0 Å². The SMILES string of the molecule is [Ir].[c-]1cccc2c1c1nccn1c1sc(-c3cccc(-n4c5ccccc5c5ccccc54)c3)cc21. The summed E-state index contributed by atoms with van der Waals surface area (Å²) in [5.41, 5.74) is 5.79. The van der Waals surface area contributed by atoms with Gasteiger partial charge in [-0.2, -0.15) is 0 Å². The quantitative estimate of drug-likeness (QED) is 0.172. The zero-order valence-electron chi connectivity index (χ0n) is 19.0. The summed E-state index contributed by atoms with van der Waals surface area (Å²) in [5.74, 6) is 0. The molecular formula is C31H18IrN3S-. The summed E-state index contributed by atoms with van der Waals surface area (Å²) < 4.78 is 4.57. The molecule has 0 saturated carbocycles. The monoisotopic (exact) mass is 657 g/mol. The number of fused-ring (bicyclic) bond motifs is 9. The summed E-state index contributed by atoms with van der Waals surface area (Å²) in [4.78, 5) is 7.07. The first-order valence-electron chi connectivity index (χ1n) is 11.6. The van der Waals surface area contributed by atoms with Gasteiger partial charge >= 0.3 is 0 Å². The van der Waals surface area contributed by atoms with Gasteiger partial charge in [-0.05, 0) is 41.3 Å². The maximum Gasteiger partial charge on any atom is 0.0913 e. The molecule has 173 valence electrons. The minimum Gasteiger partial charge on any atom is -0.332 e. The molecule has 0 atom stereocenters. The van der Waals surface area contributed by atoms with Crippen molar-refractivity contribution in [2.75, 3.05) is 0 Å². The molecular weight excluding hydrogens is 639 g/mol. The van der Waals surface area contributed by atoms with Crippen molar-refractivity contribution in [1.29, 1.82) is 0 Å². The number of para-hydroxylation sites is 2. The normalized spacial score (nSPS) is 11.7. The molecule has 0 saturated heterocycles. The van der Waals surface area contributed by atoms with Crippen LogP contribution in [-0.2, 0) is 20.1 Å². The number of aromatic nitrogens is 3.